The summed E-state index contributed by atoms with van der Waals surface area (Å²) >= 11 is 4.94. The van der Waals surface area contributed by atoms with Crippen LogP contribution in [0.1, 0.15) is 19.8 Å². The Balaban J connectivity index is 2.69. The van der Waals surface area contributed by atoms with Crippen molar-refractivity contribution in [2.75, 3.05) is 10.5 Å². The molecule has 0 saturated heterocycles. The van der Waals surface area contributed by atoms with Crippen LogP contribution >= 0.6 is 12.6 Å². The molecular weight excluding hydrogens is 230 g/mol. The van der Waals surface area contributed by atoms with Gasteiger partial charge < -0.3 is 0 Å². The molecule has 0 aromatic heterocycles. The Bertz CT molecular complexity index is 415. The second-order valence-electron chi connectivity index (χ2n) is 3.30. The third kappa shape index (κ3) is 4.48. The predicted molar refractivity (Wildman–Crippen MR) is 64.6 cm³/mol. The molecule has 0 unspecified atom stereocenters. The van der Waals surface area contributed by atoms with Crippen molar-refractivity contribution in [3.05, 3.63) is 24.3 Å². The van der Waals surface area contributed by atoms with E-state index < -0.39 is 10.0 Å². The highest BCUT2D eigenvalue weighted by Crippen LogP contribution is 2.15. The molecule has 0 bridgehead atoms. The maximum absolute atomic E-state index is 11.5. The van der Waals surface area contributed by atoms with Crippen LogP contribution < -0.4 is 4.72 Å². The molecule has 15 heavy (non-hydrogen) atoms. The second kappa shape index (κ2) is 5.32. The molecular formula is C10H14NO2S2. The van der Waals surface area contributed by atoms with Crippen molar-refractivity contribution in [1.29, 1.82) is 0 Å². The van der Waals surface area contributed by atoms with Crippen molar-refractivity contribution < 1.29 is 8.42 Å². The highest BCUT2D eigenvalue weighted by molar-refractivity contribution is 7.92. The maximum atomic E-state index is 11.5. The summed E-state index contributed by atoms with van der Waals surface area (Å²) in [6.07, 6.45) is 1.53. The minimum atomic E-state index is -3.21. The van der Waals surface area contributed by atoms with E-state index in [4.69, 9.17) is 12.6 Å². The van der Waals surface area contributed by atoms with Gasteiger partial charge in [0.2, 0.25) is 10.0 Å². The molecule has 0 aliphatic carbocycles. The summed E-state index contributed by atoms with van der Waals surface area (Å²) in [4.78, 5) is 0.630. The molecule has 83 valence electrons. The van der Waals surface area contributed by atoms with E-state index in [0.29, 0.717) is 17.0 Å². The van der Waals surface area contributed by atoms with Gasteiger partial charge in [-0.05, 0) is 24.6 Å². The number of anilines is 1. The van der Waals surface area contributed by atoms with Crippen LogP contribution in [0.15, 0.2) is 29.2 Å². The first-order chi connectivity index (χ1) is 7.03. The smallest absolute Gasteiger partial charge is 0.232 e. The number of nitrogens with one attached hydrogen (secondary N) is 1. The van der Waals surface area contributed by atoms with Crippen molar-refractivity contribution in [2.45, 2.75) is 24.7 Å². The van der Waals surface area contributed by atoms with Crippen LogP contribution in [-0.2, 0) is 10.0 Å². The fraction of sp³-hybridized carbons (Fsp3) is 0.400. The summed E-state index contributed by atoms with van der Waals surface area (Å²) in [6.45, 7) is 1.96. The Morgan fingerprint density at radius 2 is 2.13 bits per heavy atom. The first kappa shape index (κ1) is 12.3. The summed E-state index contributed by atoms with van der Waals surface area (Å²) in [5, 5.41) is 0. The molecule has 0 amide bonds. The van der Waals surface area contributed by atoms with Gasteiger partial charge in [-0.1, -0.05) is 32.0 Å². The van der Waals surface area contributed by atoms with Crippen LogP contribution in [0.3, 0.4) is 0 Å². The van der Waals surface area contributed by atoms with Gasteiger partial charge in [-0.2, -0.15) is 0 Å². The Labute approximate surface area is 96.4 Å². The Hall–Kier alpha value is -0.810. The normalized spacial score (nSPS) is 11.3. The first-order valence-corrected chi connectivity index (χ1v) is 6.87. The predicted octanol–water partition coefficient (Wildman–Crippen LogP) is 2.78. The molecule has 1 rings (SSSR count). The third-order valence-corrected chi connectivity index (χ3v) is 3.50. The SMILES string of the molecule is CCCCS(=O)(=O)Nc1cccc([S])c1. The van der Waals surface area contributed by atoms with Gasteiger partial charge in [0.1, 0.15) is 0 Å². The van der Waals surface area contributed by atoms with E-state index in [1.807, 2.05) is 6.92 Å². The minimum absolute atomic E-state index is 0.158. The quantitative estimate of drug-likeness (QED) is 0.865. The lowest BCUT2D eigenvalue weighted by molar-refractivity contribution is 0.598. The fourth-order valence-corrected chi connectivity index (χ4v) is 2.59. The summed E-state index contributed by atoms with van der Waals surface area (Å²) < 4.78 is 25.5. The topological polar surface area (TPSA) is 46.2 Å². The molecule has 3 nitrogen and oxygen atoms in total. The van der Waals surface area contributed by atoms with Crippen LogP contribution in [0, 0.1) is 0 Å². The monoisotopic (exact) mass is 244 g/mol. The van der Waals surface area contributed by atoms with E-state index in [0.717, 1.165) is 6.42 Å². The van der Waals surface area contributed by atoms with Crippen molar-refractivity contribution in [3.8, 4) is 0 Å². The molecule has 0 atom stereocenters. The standard InChI is InChI=1S/C10H14NO2S2/c1-2-3-7-15(12,13)11-9-5-4-6-10(14)8-9/h4-6,8,11H,2-3,7H2,1H3. The zero-order valence-corrected chi connectivity index (χ0v) is 10.2. The highest BCUT2D eigenvalue weighted by Gasteiger charge is 2.09. The lowest BCUT2D eigenvalue weighted by Gasteiger charge is -2.07. The molecule has 0 saturated carbocycles. The van der Waals surface area contributed by atoms with Crippen LogP contribution in [0.25, 0.3) is 0 Å². The number of hydrogen-bond donors (Lipinski definition) is 1. The van der Waals surface area contributed by atoms with Crippen LogP contribution in [-0.4, -0.2) is 14.2 Å². The second-order valence-corrected chi connectivity index (χ2v) is 5.62. The van der Waals surface area contributed by atoms with E-state index >= 15 is 0 Å². The molecule has 0 aliphatic rings. The Morgan fingerprint density at radius 3 is 2.73 bits per heavy atom. The van der Waals surface area contributed by atoms with Crippen molar-refractivity contribution in [3.63, 3.8) is 0 Å². The van der Waals surface area contributed by atoms with Gasteiger partial charge in [0.05, 0.1) is 5.75 Å². The van der Waals surface area contributed by atoms with E-state index in [1.165, 1.54) is 0 Å². The summed E-state index contributed by atoms with van der Waals surface area (Å²) in [5.41, 5.74) is 0.540. The maximum Gasteiger partial charge on any atom is 0.232 e. The number of benzene rings is 1. The molecule has 0 heterocycles. The average molecular weight is 244 g/mol. The number of rotatable bonds is 5. The molecule has 1 aromatic rings. The van der Waals surface area contributed by atoms with Crippen molar-refractivity contribution in [1.82, 2.24) is 0 Å². The summed E-state index contributed by atoms with van der Waals surface area (Å²) in [6, 6.07) is 6.82. The molecule has 0 aliphatic heterocycles. The third-order valence-electron chi connectivity index (χ3n) is 1.87. The Kier molecular flexibility index (Phi) is 4.35. The van der Waals surface area contributed by atoms with Gasteiger partial charge in [0.25, 0.3) is 0 Å². The van der Waals surface area contributed by atoms with E-state index in [-0.39, 0.29) is 5.75 Å². The van der Waals surface area contributed by atoms with Gasteiger partial charge in [-0.15, -0.1) is 0 Å². The lowest BCUT2D eigenvalue weighted by atomic mass is 10.3. The molecule has 0 fully saturated rings. The first-order valence-electron chi connectivity index (χ1n) is 4.81. The van der Waals surface area contributed by atoms with Crippen LogP contribution in [0.5, 0.6) is 0 Å². The number of hydrogen-bond acceptors (Lipinski definition) is 2. The van der Waals surface area contributed by atoms with Crippen LogP contribution in [0.2, 0.25) is 0 Å². The minimum Gasteiger partial charge on any atom is -0.284 e. The highest BCUT2D eigenvalue weighted by atomic mass is 32.2. The molecule has 0 spiro atoms. The number of unbranched alkanes of at least 4 members (excludes halogenated alkanes) is 1. The van der Waals surface area contributed by atoms with E-state index in [1.54, 1.807) is 24.3 Å². The van der Waals surface area contributed by atoms with Crippen molar-refractivity contribution in [2.24, 2.45) is 0 Å². The van der Waals surface area contributed by atoms with E-state index in [9.17, 15) is 8.42 Å². The van der Waals surface area contributed by atoms with Gasteiger partial charge in [-0.3, -0.25) is 4.72 Å². The van der Waals surface area contributed by atoms with Crippen molar-refractivity contribution >= 4 is 28.3 Å². The van der Waals surface area contributed by atoms with Gasteiger partial charge in [0.15, 0.2) is 0 Å². The molecule has 5 heteroatoms. The summed E-state index contributed by atoms with van der Waals surface area (Å²) in [5.74, 6) is 0.158. The van der Waals surface area contributed by atoms with Gasteiger partial charge in [0, 0.05) is 10.6 Å². The fourth-order valence-electron chi connectivity index (χ4n) is 1.12. The Morgan fingerprint density at radius 1 is 1.40 bits per heavy atom. The lowest BCUT2D eigenvalue weighted by Crippen LogP contribution is -2.16. The molecule has 1 N–H and O–H groups in total. The molecule has 1 radical (unpaired) electrons. The average Bonchev–Trinajstić information content (AvgIpc) is 2.14. The number of sulfonamides is 1. The molecule has 1 aromatic carbocycles. The zero-order chi connectivity index (χ0) is 11.3. The zero-order valence-electron chi connectivity index (χ0n) is 8.56. The van der Waals surface area contributed by atoms with Gasteiger partial charge in [-0.25, -0.2) is 8.42 Å². The van der Waals surface area contributed by atoms with Gasteiger partial charge >= 0.3 is 0 Å². The summed E-state index contributed by atoms with van der Waals surface area (Å²) in [7, 11) is -3.21. The van der Waals surface area contributed by atoms with E-state index in [2.05, 4.69) is 4.72 Å². The van der Waals surface area contributed by atoms with Crippen LogP contribution in [0.4, 0.5) is 5.69 Å². The largest absolute Gasteiger partial charge is 0.284 e.